The van der Waals surface area contributed by atoms with Crippen LogP contribution in [0.15, 0.2) is 0 Å². The summed E-state index contributed by atoms with van der Waals surface area (Å²) in [6.45, 7) is 7.02. The van der Waals surface area contributed by atoms with Crippen molar-refractivity contribution in [1.82, 2.24) is 20.9 Å². The number of nitrogens with one attached hydrogen (secondary N) is 3. The molecule has 13 heteroatoms. The maximum absolute atomic E-state index is 13.3. The molecule has 4 amide bonds. The van der Waals surface area contributed by atoms with Gasteiger partial charge in [0.2, 0.25) is 17.7 Å². The van der Waals surface area contributed by atoms with Crippen LogP contribution < -0.4 is 16.0 Å². The first-order valence-corrected chi connectivity index (χ1v) is 13.1. The van der Waals surface area contributed by atoms with E-state index in [4.69, 9.17) is 9.47 Å². The number of hydrogen-bond donors (Lipinski definition) is 3. The minimum Gasteiger partial charge on any atom is -0.467 e. The highest BCUT2D eigenvalue weighted by Gasteiger charge is 2.39. The number of ether oxygens (including phenoxy) is 2. The minimum atomic E-state index is -0.933. The molecule has 0 bridgehead atoms. The monoisotopic (exact) mass is 504 g/mol. The Balaban J connectivity index is 2.25. The van der Waals surface area contributed by atoms with Crippen molar-refractivity contribution in [3.8, 4) is 0 Å². The molecule has 0 unspecified atom stereocenters. The van der Waals surface area contributed by atoms with Crippen molar-refractivity contribution in [3.05, 3.63) is 0 Å². The molecule has 2 aliphatic heterocycles. The molecule has 11 nitrogen and oxygen atoms in total. The maximum atomic E-state index is 13.3. The van der Waals surface area contributed by atoms with Crippen LogP contribution in [0.3, 0.4) is 0 Å². The Morgan fingerprint density at radius 3 is 2.39 bits per heavy atom. The van der Waals surface area contributed by atoms with Gasteiger partial charge in [0.05, 0.1) is 7.11 Å². The van der Waals surface area contributed by atoms with Crippen LogP contribution in [0.25, 0.3) is 0 Å². The zero-order valence-corrected chi connectivity index (χ0v) is 21.1. The van der Waals surface area contributed by atoms with Gasteiger partial charge in [-0.2, -0.15) is 0 Å². The largest absolute Gasteiger partial charge is 0.467 e. The highest BCUT2D eigenvalue weighted by Crippen LogP contribution is 2.26. The second-order valence-corrected chi connectivity index (χ2v) is 11.3. The molecular formula is C20H32N4O7S2. The summed E-state index contributed by atoms with van der Waals surface area (Å²) in [6.07, 6.45) is 0.328. The van der Waals surface area contributed by atoms with E-state index >= 15 is 0 Å². The molecule has 3 N–H and O–H groups in total. The predicted molar refractivity (Wildman–Crippen MR) is 124 cm³/mol. The smallest absolute Gasteiger partial charge is 0.408 e. The van der Waals surface area contributed by atoms with E-state index < -0.39 is 59.6 Å². The first kappa shape index (κ1) is 27.1. The lowest BCUT2D eigenvalue weighted by molar-refractivity contribution is -0.145. The zero-order valence-electron chi connectivity index (χ0n) is 19.5. The van der Waals surface area contributed by atoms with Gasteiger partial charge in [-0.3, -0.25) is 14.4 Å². The highest BCUT2D eigenvalue weighted by atomic mass is 33.1. The molecular weight excluding hydrogens is 472 g/mol. The number of alkyl carbamates (subject to hydrolysis) is 1. The van der Waals surface area contributed by atoms with E-state index in [1.54, 1.807) is 20.8 Å². The Hall–Kier alpha value is -2.15. The number of nitrogens with zero attached hydrogens (tertiary/aromatic N) is 1. The summed E-state index contributed by atoms with van der Waals surface area (Å²) in [5, 5.41) is 7.83. The number of methoxy groups -OCH3 is 1. The van der Waals surface area contributed by atoms with Crippen LogP contribution in [-0.4, -0.2) is 89.6 Å². The summed E-state index contributed by atoms with van der Waals surface area (Å²) in [4.78, 5) is 64.6. The van der Waals surface area contributed by atoms with Crippen LogP contribution in [0.4, 0.5) is 4.79 Å². The van der Waals surface area contributed by atoms with E-state index in [9.17, 15) is 24.0 Å². The van der Waals surface area contributed by atoms with Crippen LogP contribution in [0, 0.1) is 0 Å². The van der Waals surface area contributed by atoms with Gasteiger partial charge < -0.3 is 30.3 Å². The summed E-state index contributed by atoms with van der Waals surface area (Å²) in [5.74, 6) is -1.67. The van der Waals surface area contributed by atoms with Crippen molar-refractivity contribution in [1.29, 1.82) is 0 Å². The molecule has 0 radical (unpaired) electrons. The van der Waals surface area contributed by atoms with Gasteiger partial charge in [-0.25, -0.2) is 9.59 Å². The molecule has 0 saturated carbocycles. The van der Waals surface area contributed by atoms with E-state index in [2.05, 4.69) is 16.0 Å². The number of rotatable bonds is 2. The van der Waals surface area contributed by atoms with E-state index in [1.807, 2.05) is 0 Å². The molecule has 33 heavy (non-hydrogen) atoms. The summed E-state index contributed by atoms with van der Waals surface area (Å²) < 4.78 is 10.1. The van der Waals surface area contributed by atoms with E-state index in [0.717, 1.165) is 0 Å². The van der Waals surface area contributed by atoms with Crippen molar-refractivity contribution in [3.63, 3.8) is 0 Å². The number of fused-ring (bicyclic) bond motifs is 1. The third-order valence-corrected chi connectivity index (χ3v) is 7.36. The average Bonchev–Trinajstić information content (AvgIpc) is 3.21. The normalized spacial score (nSPS) is 27.5. The van der Waals surface area contributed by atoms with Gasteiger partial charge in [-0.15, -0.1) is 0 Å². The molecule has 2 rings (SSSR count). The lowest BCUT2D eigenvalue weighted by Crippen LogP contribution is -2.57. The molecule has 2 saturated heterocycles. The third-order valence-electron chi connectivity index (χ3n) is 4.93. The molecule has 2 aliphatic rings. The molecule has 0 aliphatic carbocycles. The van der Waals surface area contributed by atoms with Crippen LogP contribution in [0.1, 0.15) is 40.5 Å². The molecule has 0 spiro atoms. The molecule has 0 aromatic carbocycles. The van der Waals surface area contributed by atoms with Crippen molar-refractivity contribution in [2.75, 3.05) is 25.2 Å². The van der Waals surface area contributed by atoms with Crippen LogP contribution in [-0.2, 0) is 28.7 Å². The first-order chi connectivity index (χ1) is 15.4. The number of carbonyl (C=O) groups excluding carboxylic acids is 5. The Kier molecular flexibility index (Phi) is 9.70. The van der Waals surface area contributed by atoms with Crippen molar-refractivity contribution in [2.45, 2.75) is 70.3 Å². The van der Waals surface area contributed by atoms with Crippen LogP contribution in [0.5, 0.6) is 0 Å². The SMILES string of the molecule is COC(=O)[C@@H]1CSSC[C@H](NC(=O)OC(C)(C)C)C(=O)N2CCC[C@H]2C(=O)N[C@@H](C)C(=O)N1. The van der Waals surface area contributed by atoms with Gasteiger partial charge >= 0.3 is 12.1 Å². The van der Waals surface area contributed by atoms with E-state index in [0.29, 0.717) is 19.4 Å². The van der Waals surface area contributed by atoms with Crippen molar-refractivity contribution in [2.24, 2.45) is 0 Å². The molecule has 2 fully saturated rings. The quantitative estimate of drug-likeness (QED) is 0.360. The molecule has 0 aromatic rings. The fraction of sp³-hybridized carbons (Fsp3) is 0.750. The topological polar surface area (TPSA) is 143 Å². The van der Waals surface area contributed by atoms with Crippen LogP contribution in [0.2, 0.25) is 0 Å². The summed E-state index contributed by atoms with van der Waals surface area (Å²) in [6, 6.07) is -3.54. The molecule has 186 valence electrons. The second kappa shape index (κ2) is 11.8. The molecule has 4 atom stereocenters. The highest BCUT2D eigenvalue weighted by molar-refractivity contribution is 8.76. The lowest BCUT2D eigenvalue weighted by atomic mass is 10.1. The predicted octanol–water partition coefficient (Wildman–Crippen LogP) is 0.428. The van der Waals surface area contributed by atoms with Gasteiger partial charge in [0.15, 0.2) is 0 Å². The summed E-state index contributed by atoms with van der Waals surface area (Å²) >= 11 is 0. The summed E-state index contributed by atoms with van der Waals surface area (Å²) in [7, 11) is 3.74. The average molecular weight is 505 g/mol. The fourth-order valence-electron chi connectivity index (χ4n) is 3.34. The second-order valence-electron chi connectivity index (χ2n) is 8.77. The van der Waals surface area contributed by atoms with Gasteiger partial charge in [-0.05, 0) is 40.5 Å². The first-order valence-electron chi connectivity index (χ1n) is 10.7. The van der Waals surface area contributed by atoms with E-state index in [1.165, 1.54) is 40.5 Å². The van der Waals surface area contributed by atoms with Gasteiger partial charge in [0.25, 0.3) is 0 Å². The lowest BCUT2D eigenvalue weighted by Gasteiger charge is -2.30. The number of esters is 1. The minimum absolute atomic E-state index is 0.170. The van der Waals surface area contributed by atoms with Crippen molar-refractivity contribution < 1.29 is 33.4 Å². The van der Waals surface area contributed by atoms with Crippen molar-refractivity contribution >= 4 is 51.4 Å². The Labute approximate surface area is 201 Å². The number of carbonyl (C=O) groups is 5. The maximum Gasteiger partial charge on any atom is 0.408 e. The Morgan fingerprint density at radius 1 is 1.09 bits per heavy atom. The third kappa shape index (κ3) is 7.98. The van der Waals surface area contributed by atoms with Gasteiger partial charge in [0.1, 0.15) is 29.8 Å². The Bertz CT molecular complexity index is 774. The number of hydrogen-bond acceptors (Lipinski definition) is 9. The summed E-state index contributed by atoms with van der Waals surface area (Å²) in [5.41, 5.74) is -0.741. The standard InChI is InChI=1S/C20H32N4O7S2/c1-11-15(25)22-13(18(28)30-5)10-33-32-9-12(23-19(29)31-20(2,3)4)17(27)24-8-6-7-14(24)16(26)21-11/h11-14H,6-10H2,1-5H3,(H,21,26)(H,22,25)(H,23,29)/t11-,12-,13-,14-/m0/s1. The molecule has 2 heterocycles. The van der Waals surface area contributed by atoms with Crippen LogP contribution >= 0.6 is 21.6 Å². The van der Waals surface area contributed by atoms with E-state index in [-0.39, 0.29) is 11.5 Å². The van der Waals surface area contributed by atoms with Gasteiger partial charge in [0, 0.05) is 18.1 Å². The molecule has 0 aromatic heterocycles. The fourth-order valence-corrected chi connectivity index (χ4v) is 5.65. The van der Waals surface area contributed by atoms with Gasteiger partial charge in [-0.1, -0.05) is 21.6 Å². The Morgan fingerprint density at radius 2 is 1.76 bits per heavy atom. The number of amides is 4. The zero-order chi connectivity index (χ0) is 24.8.